The van der Waals surface area contributed by atoms with Crippen LogP contribution in [0.2, 0.25) is 0 Å². The molecule has 0 aliphatic heterocycles. The van der Waals surface area contributed by atoms with Crippen LogP contribution in [0, 0.1) is 6.92 Å². The van der Waals surface area contributed by atoms with Crippen molar-refractivity contribution in [1.82, 2.24) is 15.5 Å². The number of nitrogens with zero attached hydrogens (tertiary/aromatic N) is 2. The average Bonchev–Trinajstić information content (AvgIpc) is 3.26. The number of thiophene rings is 1. The fraction of sp³-hybridized carbons (Fsp3) is 0.235. The first-order valence-electron chi connectivity index (χ1n) is 7.54. The normalized spacial score (nSPS) is 10.7. The Morgan fingerprint density at radius 3 is 2.92 bits per heavy atom. The van der Waals surface area contributed by atoms with Gasteiger partial charge in [0.25, 0.3) is 11.1 Å². The predicted molar refractivity (Wildman–Crippen MR) is 96.2 cm³/mol. The van der Waals surface area contributed by atoms with Crippen LogP contribution in [0.25, 0.3) is 10.8 Å². The Kier molecular flexibility index (Phi) is 5.66. The molecular formula is C17H17N3O2S2. The second-order valence-electron chi connectivity index (χ2n) is 5.17. The molecule has 1 aromatic carbocycles. The van der Waals surface area contributed by atoms with E-state index >= 15 is 0 Å². The molecule has 0 aliphatic rings. The van der Waals surface area contributed by atoms with Crippen LogP contribution in [-0.2, 0) is 11.2 Å². The van der Waals surface area contributed by atoms with E-state index in [1.165, 1.54) is 34.2 Å². The molecule has 5 nitrogen and oxygen atoms in total. The maximum absolute atomic E-state index is 11.9. The Labute approximate surface area is 148 Å². The quantitative estimate of drug-likeness (QED) is 0.653. The number of aryl methyl sites for hydroxylation is 1. The van der Waals surface area contributed by atoms with E-state index < -0.39 is 0 Å². The summed E-state index contributed by atoms with van der Waals surface area (Å²) < 4.78 is 5.54. The number of hydrogen-bond acceptors (Lipinski definition) is 6. The van der Waals surface area contributed by atoms with Crippen molar-refractivity contribution < 1.29 is 9.21 Å². The lowest BCUT2D eigenvalue weighted by Crippen LogP contribution is -2.27. The first-order chi connectivity index (χ1) is 11.7. The second kappa shape index (κ2) is 8.12. The van der Waals surface area contributed by atoms with Crippen molar-refractivity contribution in [3.63, 3.8) is 0 Å². The molecule has 1 N–H and O–H groups in total. The van der Waals surface area contributed by atoms with Gasteiger partial charge in [0.2, 0.25) is 5.91 Å². The van der Waals surface area contributed by atoms with Gasteiger partial charge in [-0.3, -0.25) is 4.79 Å². The maximum Gasteiger partial charge on any atom is 0.277 e. The fourth-order valence-electron chi connectivity index (χ4n) is 2.17. The van der Waals surface area contributed by atoms with Crippen molar-refractivity contribution in [2.45, 2.75) is 18.6 Å². The predicted octanol–water partition coefficient (Wildman–Crippen LogP) is 3.56. The Morgan fingerprint density at radius 2 is 2.12 bits per heavy atom. The van der Waals surface area contributed by atoms with Crippen LogP contribution in [-0.4, -0.2) is 28.4 Å². The third kappa shape index (κ3) is 4.46. The molecule has 3 rings (SSSR count). The molecule has 2 aromatic heterocycles. The van der Waals surface area contributed by atoms with Crippen LogP contribution in [0.4, 0.5) is 0 Å². The number of rotatable bonds is 7. The molecule has 0 unspecified atom stereocenters. The summed E-state index contributed by atoms with van der Waals surface area (Å²) in [5.74, 6) is 0.719. The molecule has 0 saturated heterocycles. The Morgan fingerprint density at radius 1 is 1.25 bits per heavy atom. The smallest absolute Gasteiger partial charge is 0.277 e. The fourth-order valence-corrected chi connectivity index (χ4v) is 3.41. The molecule has 0 saturated carbocycles. The van der Waals surface area contributed by atoms with Gasteiger partial charge in [0.15, 0.2) is 0 Å². The lowest BCUT2D eigenvalue weighted by atomic mass is 10.1. The number of amides is 1. The van der Waals surface area contributed by atoms with E-state index in [0.29, 0.717) is 17.7 Å². The van der Waals surface area contributed by atoms with E-state index in [0.717, 1.165) is 11.3 Å². The van der Waals surface area contributed by atoms with Crippen LogP contribution in [0.5, 0.6) is 0 Å². The number of aromatic nitrogens is 2. The number of carbonyl (C=O) groups is 1. The van der Waals surface area contributed by atoms with E-state index in [-0.39, 0.29) is 11.7 Å². The molecule has 0 spiro atoms. The molecule has 0 atom stereocenters. The van der Waals surface area contributed by atoms with Crippen LogP contribution in [0.15, 0.2) is 51.4 Å². The number of carbonyl (C=O) groups excluding carboxylic acids is 1. The van der Waals surface area contributed by atoms with Crippen molar-refractivity contribution in [3.8, 4) is 10.8 Å². The molecule has 0 radical (unpaired) electrons. The first kappa shape index (κ1) is 16.7. The van der Waals surface area contributed by atoms with E-state index in [1.54, 1.807) is 0 Å². The molecule has 24 heavy (non-hydrogen) atoms. The van der Waals surface area contributed by atoms with Gasteiger partial charge < -0.3 is 9.73 Å². The van der Waals surface area contributed by atoms with Gasteiger partial charge in [-0.1, -0.05) is 42.1 Å². The molecule has 124 valence electrons. The molecular weight excluding hydrogens is 342 g/mol. The van der Waals surface area contributed by atoms with Gasteiger partial charge in [-0.15, -0.1) is 21.5 Å². The van der Waals surface area contributed by atoms with Gasteiger partial charge in [-0.2, -0.15) is 0 Å². The summed E-state index contributed by atoms with van der Waals surface area (Å²) in [5.41, 5.74) is 2.50. The lowest BCUT2D eigenvalue weighted by molar-refractivity contribution is -0.118. The highest BCUT2D eigenvalue weighted by Gasteiger charge is 2.11. The van der Waals surface area contributed by atoms with Crippen molar-refractivity contribution in [3.05, 3.63) is 52.9 Å². The van der Waals surface area contributed by atoms with Crippen molar-refractivity contribution >= 4 is 29.0 Å². The van der Waals surface area contributed by atoms with Gasteiger partial charge in [-0.05, 0) is 35.9 Å². The topological polar surface area (TPSA) is 68.0 Å². The summed E-state index contributed by atoms with van der Waals surface area (Å²) in [6.45, 7) is 2.70. The van der Waals surface area contributed by atoms with E-state index in [1.807, 2.05) is 29.6 Å². The van der Waals surface area contributed by atoms with Crippen LogP contribution in [0.3, 0.4) is 0 Å². The van der Waals surface area contributed by atoms with E-state index in [4.69, 9.17) is 4.42 Å². The van der Waals surface area contributed by atoms with Crippen LogP contribution >= 0.6 is 23.1 Å². The summed E-state index contributed by atoms with van der Waals surface area (Å²) in [6, 6.07) is 12.0. The third-order valence-corrected chi connectivity index (χ3v) is 5.12. The van der Waals surface area contributed by atoms with Crippen molar-refractivity contribution in [1.29, 1.82) is 0 Å². The summed E-state index contributed by atoms with van der Waals surface area (Å²) in [7, 11) is 0. The zero-order chi connectivity index (χ0) is 16.8. The standard InChI is InChI=1S/C17H17N3O2S2/c1-12-5-2-3-6-13(12)8-9-18-15(21)11-24-17-20-19-16(22-17)14-7-4-10-23-14/h2-7,10H,8-9,11H2,1H3,(H,18,21). The van der Waals surface area contributed by atoms with Gasteiger partial charge >= 0.3 is 0 Å². The summed E-state index contributed by atoms with van der Waals surface area (Å²) in [6.07, 6.45) is 0.826. The molecule has 0 aliphatic carbocycles. The zero-order valence-corrected chi connectivity index (χ0v) is 14.8. The highest BCUT2D eigenvalue weighted by atomic mass is 32.2. The van der Waals surface area contributed by atoms with Crippen molar-refractivity contribution in [2.75, 3.05) is 12.3 Å². The lowest BCUT2D eigenvalue weighted by Gasteiger charge is -2.06. The second-order valence-corrected chi connectivity index (χ2v) is 7.04. The first-order valence-corrected chi connectivity index (χ1v) is 9.40. The van der Waals surface area contributed by atoms with Gasteiger partial charge in [-0.25, -0.2) is 0 Å². The summed E-state index contributed by atoms with van der Waals surface area (Å²) >= 11 is 2.79. The molecule has 0 fully saturated rings. The average molecular weight is 359 g/mol. The molecule has 0 bridgehead atoms. The summed E-state index contributed by atoms with van der Waals surface area (Å²) in [5, 5.41) is 13.2. The van der Waals surface area contributed by atoms with Crippen molar-refractivity contribution in [2.24, 2.45) is 0 Å². The summed E-state index contributed by atoms with van der Waals surface area (Å²) in [4.78, 5) is 12.8. The van der Waals surface area contributed by atoms with Gasteiger partial charge in [0.05, 0.1) is 10.6 Å². The number of hydrogen-bond donors (Lipinski definition) is 1. The Balaban J connectivity index is 1.42. The number of benzene rings is 1. The van der Waals surface area contributed by atoms with Crippen LogP contribution < -0.4 is 5.32 Å². The van der Waals surface area contributed by atoms with E-state index in [2.05, 4.69) is 34.6 Å². The number of thioether (sulfide) groups is 1. The Hall–Kier alpha value is -2.12. The molecule has 2 heterocycles. The highest BCUT2D eigenvalue weighted by molar-refractivity contribution is 7.99. The minimum atomic E-state index is -0.0375. The molecule has 3 aromatic rings. The Bertz CT molecular complexity index is 800. The number of nitrogens with one attached hydrogen (secondary N) is 1. The highest BCUT2D eigenvalue weighted by Crippen LogP contribution is 2.26. The maximum atomic E-state index is 11.9. The molecule has 1 amide bonds. The van der Waals surface area contributed by atoms with Gasteiger partial charge in [0, 0.05) is 6.54 Å². The largest absolute Gasteiger partial charge is 0.410 e. The monoisotopic (exact) mass is 359 g/mol. The minimum absolute atomic E-state index is 0.0375. The minimum Gasteiger partial charge on any atom is -0.410 e. The van der Waals surface area contributed by atoms with Crippen LogP contribution in [0.1, 0.15) is 11.1 Å². The zero-order valence-electron chi connectivity index (χ0n) is 13.2. The van der Waals surface area contributed by atoms with Gasteiger partial charge in [0.1, 0.15) is 0 Å². The SMILES string of the molecule is Cc1ccccc1CCNC(=O)CSc1nnc(-c2cccs2)o1. The molecule has 7 heteroatoms. The van der Waals surface area contributed by atoms with E-state index in [9.17, 15) is 4.79 Å². The third-order valence-electron chi connectivity index (χ3n) is 3.44.